The summed E-state index contributed by atoms with van der Waals surface area (Å²) in [7, 11) is 1.72. The molecule has 0 aliphatic carbocycles. The number of carbonyl (C=O) groups is 1. The zero-order valence-electron chi connectivity index (χ0n) is 11.9. The lowest BCUT2D eigenvalue weighted by atomic mass is 10.1. The zero-order chi connectivity index (χ0) is 15.6. The number of aromatic hydroxyl groups is 1. The van der Waals surface area contributed by atoms with Gasteiger partial charge in [0.25, 0.3) is 5.91 Å². The van der Waals surface area contributed by atoms with Crippen LogP contribution < -0.4 is 5.73 Å². The van der Waals surface area contributed by atoms with Gasteiger partial charge in [0.05, 0.1) is 11.1 Å². The van der Waals surface area contributed by atoms with Crippen LogP contribution in [0.2, 0.25) is 5.02 Å². The Labute approximate surface area is 128 Å². The van der Waals surface area contributed by atoms with Gasteiger partial charge in [-0.1, -0.05) is 23.7 Å². The van der Waals surface area contributed by atoms with Gasteiger partial charge in [0.1, 0.15) is 5.75 Å². The third-order valence-electron chi connectivity index (χ3n) is 3.49. The third-order valence-corrected chi connectivity index (χ3v) is 3.79. The molecule has 0 heterocycles. The van der Waals surface area contributed by atoms with Crippen LogP contribution >= 0.6 is 11.6 Å². The minimum atomic E-state index is -0.174. The molecule has 21 heavy (non-hydrogen) atoms. The van der Waals surface area contributed by atoms with Crippen molar-refractivity contribution in [3.63, 3.8) is 0 Å². The minimum Gasteiger partial charge on any atom is -0.506 e. The van der Waals surface area contributed by atoms with E-state index in [1.54, 1.807) is 24.1 Å². The number of phenolic OH excluding ortho intramolecular Hbond substituents is 1. The van der Waals surface area contributed by atoms with Gasteiger partial charge in [-0.05, 0) is 42.8 Å². The number of rotatable bonds is 3. The molecule has 5 heteroatoms. The molecule has 0 saturated carbocycles. The van der Waals surface area contributed by atoms with Crippen molar-refractivity contribution in [1.82, 2.24) is 4.90 Å². The molecule has 0 aliphatic rings. The summed E-state index contributed by atoms with van der Waals surface area (Å²) in [5, 5.41) is 9.57. The highest BCUT2D eigenvalue weighted by Gasteiger charge is 2.19. The molecule has 1 unspecified atom stereocenters. The highest BCUT2D eigenvalue weighted by atomic mass is 35.5. The number of hydrogen-bond acceptors (Lipinski definition) is 3. The lowest BCUT2D eigenvalue weighted by Crippen LogP contribution is -2.29. The summed E-state index contributed by atoms with van der Waals surface area (Å²) in [5.74, 6) is -0.216. The van der Waals surface area contributed by atoms with Gasteiger partial charge in [-0.25, -0.2) is 0 Å². The molecule has 0 aromatic heterocycles. The van der Waals surface area contributed by atoms with Gasteiger partial charge in [-0.15, -0.1) is 0 Å². The molecular formula is C16H17ClN2O2. The number of nitrogen functional groups attached to an aromatic ring is 1. The lowest BCUT2D eigenvalue weighted by molar-refractivity contribution is 0.0742. The second-order valence-corrected chi connectivity index (χ2v) is 5.34. The predicted octanol–water partition coefficient (Wildman–Crippen LogP) is 3.46. The van der Waals surface area contributed by atoms with Gasteiger partial charge in [0.15, 0.2) is 0 Å². The maximum atomic E-state index is 12.5. The quantitative estimate of drug-likeness (QED) is 0.853. The van der Waals surface area contributed by atoms with Crippen molar-refractivity contribution in [1.29, 1.82) is 0 Å². The van der Waals surface area contributed by atoms with E-state index in [0.29, 0.717) is 11.3 Å². The fraction of sp³-hybridized carbons (Fsp3) is 0.188. The van der Waals surface area contributed by atoms with Gasteiger partial charge in [0.2, 0.25) is 0 Å². The molecule has 0 bridgehead atoms. The number of amides is 1. The number of benzene rings is 2. The summed E-state index contributed by atoms with van der Waals surface area (Å²) in [6.45, 7) is 1.93. The van der Waals surface area contributed by atoms with Crippen LogP contribution in [0, 0.1) is 0 Å². The van der Waals surface area contributed by atoms with E-state index in [9.17, 15) is 9.90 Å². The van der Waals surface area contributed by atoms with Gasteiger partial charge in [-0.3, -0.25) is 4.79 Å². The zero-order valence-corrected chi connectivity index (χ0v) is 12.6. The Bertz CT molecular complexity index is 673. The summed E-state index contributed by atoms with van der Waals surface area (Å²) < 4.78 is 0. The molecule has 110 valence electrons. The van der Waals surface area contributed by atoms with Gasteiger partial charge in [-0.2, -0.15) is 0 Å². The van der Waals surface area contributed by atoms with Crippen LogP contribution in [0.15, 0.2) is 42.5 Å². The molecule has 0 saturated heterocycles. The third kappa shape index (κ3) is 3.28. The average molecular weight is 305 g/mol. The van der Waals surface area contributed by atoms with Crippen LogP contribution in [0.25, 0.3) is 0 Å². The monoisotopic (exact) mass is 304 g/mol. The van der Waals surface area contributed by atoms with Crippen molar-refractivity contribution in [2.24, 2.45) is 0 Å². The van der Waals surface area contributed by atoms with Crippen molar-refractivity contribution in [2.45, 2.75) is 13.0 Å². The van der Waals surface area contributed by atoms with E-state index in [-0.39, 0.29) is 22.7 Å². The normalized spacial score (nSPS) is 12.0. The Morgan fingerprint density at radius 1 is 1.29 bits per heavy atom. The van der Waals surface area contributed by atoms with Gasteiger partial charge in [0, 0.05) is 18.3 Å². The van der Waals surface area contributed by atoms with Crippen LogP contribution in [0.4, 0.5) is 5.69 Å². The summed E-state index contributed by atoms with van der Waals surface area (Å²) in [6, 6.07) is 11.7. The van der Waals surface area contributed by atoms with E-state index in [1.807, 2.05) is 25.1 Å². The van der Waals surface area contributed by atoms with Crippen LogP contribution in [-0.2, 0) is 0 Å². The Morgan fingerprint density at radius 3 is 2.62 bits per heavy atom. The van der Waals surface area contributed by atoms with E-state index in [1.165, 1.54) is 12.1 Å². The Morgan fingerprint density at radius 2 is 2.00 bits per heavy atom. The van der Waals surface area contributed by atoms with E-state index < -0.39 is 0 Å². The number of hydrogen-bond donors (Lipinski definition) is 2. The average Bonchev–Trinajstić information content (AvgIpc) is 2.47. The summed E-state index contributed by atoms with van der Waals surface area (Å²) in [6.07, 6.45) is 0. The molecular weight excluding hydrogens is 288 g/mol. The predicted molar refractivity (Wildman–Crippen MR) is 84.5 cm³/mol. The smallest absolute Gasteiger partial charge is 0.254 e. The summed E-state index contributed by atoms with van der Waals surface area (Å²) >= 11 is 5.84. The molecule has 1 atom stereocenters. The molecule has 0 fully saturated rings. The molecule has 0 aliphatic heterocycles. The number of nitrogens with zero attached hydrogens (tertiary/aromatic N) is 1. The van der Waals surface area contributed by atoms with Gasteiger partial charge >= 0.3 is 0 Å². The molecule has 2 aromatic carbocycles. The van der Waals surface area contributed by atoms with Gasteiger partial charge < -0.3 is 15.7 Å². The van der Waals surface area contributed by atoms with E-state index in [0.717, 1.165) is 5.56 Å². The van der Waals surface area contributed by atoms with E-state index >= 15 is 0 Å². The molecule has 1 amide bonds. The second-order valence-electron chi connectivity index (χ2n) is 4.93. The lowest BCUT2D eigenvalue weighted by Gasteiger charge is -2.25. The number of phenols is 1. The van der Waals surface area contributed by atoms with Crippen molar-refractivity contribution in [2.75, 3.05) is 12.8 Å². The minimum absolute atomic E-state index is 0.0419. The largest absolute Gasteiger partial charge is 0.506 e. The maximum Gasteiger partial charge on any atom is 0.254 e. The number of nitrogens with two attached hydrogens (primary N) is 1. The first-order valence-electron chi connectivity index (χ1n) is 6.51. The molecule has 0 spiro atoms. The van der Waals surface area contributed by atoms with Crippen LogP contribution in [0.5, 0.6) is 5.75 Å². The van der Waals surface area contributed by atoms with Crippen LogP contribution in [0.1, 0.15) is 28.9 Å². The summed E-state index contributed by atoms with van der Waals surface area (Å²) in [4.78, 5) is 14.1. The topological polar surface area (TPSA) is 66.6 Å². The van der Waals surface area contributed by atoms with E-state index in [2.05, 4.69) is 0 Å². The summed E-state index contributed by atoms with van der Waals surface area (Å²) in [5.41, 5.74) is 7.81. The maximum absolute atomic E-state index is 12.5. The second kappa shape index (κ2) is 6.06. The van der Waals surface area contributed by atoms with E-state index in [4.69, 9.17) is 17.3 Å². The van der Waals surface area contributed by atoms with Crippen LogP contribution in [-0.4, -0.2) is 23.0 Å². The van der Waals surface area contributed by atoms with Crippen molar-refractivity contribution >= 4 is 23.2 Å². The van der Waals surface area contributed by atoms with Crippen molar-refractivity contribution < 1.29 is 9.90 Å². The molecule has 2 aromatic rings. The van der Waals surface area contributed by atoms with Crippen molar-refractivity contribution in [3.05, 3.63) is 58.6 Å². The fourth-order valence-corrected chi connectivity index (χ4v) is 2.24. The molecule has 4 nitrogen and oxygen atoms in total. The molecule has 3 N–H and O–H groups in total. The molecule has 0 radical (unpaired) electrons. The number of carbonyl (C=O) groups excluding carboxylic acids is 1. The fourth-order valence-electron chi connectivity index (χ4n) is 2.06. The Kier molecular flexibility index (Phi) is 4.38. The first-order valence-corrected chi connectivity index (χ1v) is 6.89. The number of halogens is 1. The van der Waals surface area contributed by atoms with Crippen LogP contribution in [0.3, 0.4) is 0 Å². The SMILES string of the molecule is CC(c1cccc(N)c1)N(C)C(=O)c1ccc(O)c(Cl)c1. The first kappa shape index (κ1) is 15.2. The number of anilines is 1. The highest BCUT2D eigenvalue weighted by molar-refractivity contribution is 6.32. The first-order chi connectivity index (χ1) is 9.90. The highest BCUT2D eigenvalue weighted by Crippen LogP contribution is 2.26. The Hall–Kier alpha value is -2.20. The molecule has 2 rings (SSSR count). The standard InChI is InChI=1S/C16H17ClN2O2/c1-10(11-4-3-5-13(18)8-11)19(2)16(21)12-6-7-15(20)14(17)9-12/h3-10,20H,18H2,1-2H3. The van der Waals surface area contributed by atoms with Crippen molar-refractivity contribution in [3.8, 4) is 5.75 Å². The Balaban J connectivity index is 2.24.